The topological polar surface area (TPSA) is 82.2 Å². The van der Waals surface area contributed by atoms with E-state index in [2.05, 4.69) is 10.3 Å². The molecule has 4 aromatic rings. The number of nitrogens with one attached hydrogen (secondary N) is 2. The van der Waals surface area contributed by atoms with E-state index in [0.29, 0.717) is 36.8 Å². The predicted molar refractivity (Wildman–Crippen MR) is 113 cm³/mol. The molecular weight excluding hydrogens is 396 g/mol. The van der Waals surface area contributed by atoms with E-state index in [9.17, 15) is 14.7 Å². The Hall–Kier alpha value is -3.09. The first-order chi connectivity index (χ1) is 13.5. The Bertz CT molecular complexity index is 1260. The molecule has 3 N–H and O–H groups in total. The largest absolute Gasteiger partial charge is 0.506 e. The van der Waals surface area contributed by atoms with Crippen molar-refractivity contribution in [1.82, 2.24) is 10.3 Å². The number of rotatable bonds is 3. The molecule has 140 valence electrons. The van der Waals surface area contributed by atoms with Gasteiger partial charge >= 0.3 is 0 Å². The second-order valence-electron chi connectivity index (χ2n) is 6.16. The molecule has 0 unspecified atom stereocenters. The molecule has 0 bridgehead atoms. The number of amides is 1. The van der Waals surface area contributed by atoms with Crippen molar-refractivity contribution in [3.05, 3.63) is 74.9 Å². The van der Waals surface area contributed by atoms with E-state index >= 15 is 0 Å². The van der Waals surface area contributed by atoms with Crippen molar-refractivity contribution in [1.29, 1.82) is 0 Å². The molecule has 1 amide bonds. The van der Waals surface area contributed by atoms with Crippen LogP contribution in [0.15, 0.2) is 59.4 Å². The molecule has 7 heteroatoms. The van der Waals surface area contributed by atoms with Crippen molar-refractivity contribution >= 4 is 39.1 Å². The molecule has 0 atom stereocenters. The van der Waals surface area contributed by atoms with Crippen LogP contribution in [0.3, 0.4) is 0 Å². The van der Waals surface area contributed by atoms with Gasteiger partial charge in [-0.1, -0.05) is 54.1 Å². The van der Waals surface area contributed by atoms with Gasteiger partial charge in [0.05, 0.1) is 10.9 Å². The highest BCUT2D eigenvalue weighted by Gasteiger charge is 2.22. The van der Waals surface area contributed by atoms with Crippen LogP contribution in [0, 0.1) is 0 Å². The van der Waals surface area contributed by atoms with Gasteiger partial charge in [-0.2, -0.15) is 0 Å². The van der Waals surface area contributed by atoms with Gasteiger partial charge in [-0.15, -0.1) is 11.3 Å². The van der Waals surface area contributed by atoms with Gasteiger partial charge in [0, 0.05) is 18.2 Å². The lowest BCUT2D eigenvalue weighted by Gasteiger charge is -2.08. The molecular formula is C21H15ClN2O3S. The van der Waals surface area contributed by atoms with Crippen LogP contribution in [0.25, 0.3) is 32.5 Å². The van der Waals surface area contributed by atoms with Crippen molar-refractivity contribution in [2.45, 2.75) is 0 Å². The van der Waals surface area contributed by atoms with Crippen LogP contribution < -0.4 is 10.9 Å². The average molecular weight is 411 g/mol. The van der Waals surface area contributed by atoms with Gasteiger partial charge in [0.2, 0.25) is 0 Å². The summed E-state index contributed by atoms with van der Waals surface area (Å²) in [5, 5.41) is 14.1. The molecule has 0 spiro atoms. The normalized spacial score (nSPS) is 10.9. The van der Waals surface area contributed by atoms with Crippen molar-refractivity contribution < 1.29 is 9.90 Å². The summed E-state index contributed by atoms with van der Waals surface area (Å²) in [6, 6.07) is 15.9. The van der Waals surface area contributed by atoms with E-state index in [4.69, 9.17) is 11.6 Å². The third-order valence-electron chi connectivity index (χ3n) is 4.50. The maximum Gasteiger partial charge on any atom is 0.260 e. The van der Waals surface area contributed by atoms with E-state index in [1.54, 1.807) is 49.5 Å². The number of carbonyl (C=O) groups is 1. The minimum Gasteiger partial charge on any atom is -0.506 e. The molecule has 0 aliphatic heterocycles. The fraction of sp³-hybridized carbons (Fsp3) is 0.0476. The highest BCUT2D eigenvalue weighted by molar-refractivity contribution is 7.23. The van der Waals surface area contributed by atoms with Crippen molar-refractivity contribution in [2.24, 2.45) is 0 Å². The van der Waals surface area contributed by atoms with Crippen molar-refractivity contribution in [3.8, 4) is 28.0 Å². The zero-order valence-corrected chi connectivity index (χ0v) is 16.3. The molecule has 4 rings (SSSR count). The Morgan fingerprint density at radius 2 is 1.79 bits per heavy atom. The van der Waals surface area contributed by atoms with Gasteiger partial charge in [0.25, 0.3) is 11.5 Å². The molecule has 2 aromatic heterocycles. The Balaban J connectivity index is 2.02. The third-order valence-corrected chi connectivity index (χ3v) is 5.81. The lowest BCUT2D eigenvalue weighted by atomic mass is 9.99. The van der Waals surface area contributed by atoms with Crippen LogP contribution >= 0.6 is 22.9 Å². The van der Waals surface area contributed by atoms with Crippen LogP contribution in [-0.4, -0.2) is 23.0 Å². The monoisotopic (exact) mass is 410 g/mol. The standard InChI is InChI=1S/C21H15ClN2O3S/c1-23-19(26)13-9-5-8-12(10-13)14-16-17(25)15(11-6-3-2-4-7-11)20(27)24-21(16)28-18(14)22/h2-10H,1H3,(H,23,26)(H2,24,25,27). The number of fused-ring (bicyclic) bond motifs is 1. The molecule has 0 saturated carbocycles. The summed E-state index contributed by atoms with van der Waals surface area (Å²) in [7, 11) is 1.56. The number of aromatic hydroxyl groups is 1. The summed E-state index contributed by atoms with van der Waals surface area (Å²) in [6.07, 6.45) is 0. The molecule has 0 radical (unpaired) electrons. The summed E-state index contributed by atoms with van der Waals surface area (Å²) in [5.74, 6) is -0.353. The van der Waals surface area contributed by atoms with Crippen LogP contribution in [0.2, 0.25) is 4.34 Å². The molecule has 0 fully saturated rings. The number of halogens is 1. The molecule has 2 aromatic carbocycles. The predicted octanol–water partition coefficient (Wildman–Crippen LogP) is 4.64. The number of H-pyrrole nitrogens is 1. The molecule has 28 heavy (non-hydrogen) atoms. The zero-order chi connectivity index (χ0) is 19.8. The molecule has 0 aliphatic carbocycles. The summed E-state index contributed by atoms with van der Waals surface area (Å²) >= 11 is 7.65. The van der Waals surface area contributed by atoms with Gasteiger partial charge in [0.15, 0.2) is 0 Å². The lowest BCUT2D eigenvalue weighted by molar-refractivity contribution is 0.0963. The average Bonchev–Trinajstić information content (AvgIpc) is 3.04. The number of aromatic nitrogens is 1. The van der Waals surface area contributed by atoms with E-state index in [-0.39, 0.29) is 22.8 Å². The van der Waals surface area contributed by atoms with Crippen LogP contribution in [0.5, 0.6) is 5.75 Å². The van der Waals surface area contributed by atoms with E-state index in [1.165, 1.54) is 11.3 Å². The Morgan fingerprint density at radius 3 is 2.50 bits per heavy atom. The summed E-state index contributed by atoms with van der Waals surface area (Å²) in [4.78, 5) is 27.9. The van der Waals surface area contributed by atoms with Gasteiger partial charge in [-0.25, -0.2) is 0 Å². The van der Waals surface area contributed by atoms with E-state index < -0.39 is 0 Å². The first-order valence-corrected chi connectivity index (χ1v) is 9.66. The van der Waals surface area contributed by atoms with Gasteiger partial charge < -0.3 is 15.4 Å². The second kappa shape index (κ2) is 7.14. The minimum absolute atomic E-state index is 0.131. The lowest BCUT2D eigenvalue weighted by Crippen LogP contribution is -2.17. The fourth-order valence-corrected chi connectivity index (χ4v) is 4.59. The third kappa shape index (κ3) is 2.96. The SMILES string of the molecule is CNC(=O)c1cccc(-c2c(Cl)sc3[nH]c(=O)c(-c4ccccc4)c(O)c23)c1. The van der Waals surface area contributed by atoms with Crippen LogP contribution in [0.1, 0.15) is 10.4 Å². The Kier molecular flexibility index (Phi) is 4.66. The second-order valence-corrected chi connectivity index (χ2v) is 7.78. The number of hydrogen-bond donors (Lipinski definition) is 3. The number of aromatic amines is 1. The maximum absolute atomic E-state index is 12.6. The molecule has 0 aliphatic rings. The molecule has 5 nitrogen and oxygen atoms in total. The Morgan fingerprint density at radius 1 is 1.07 bits per heavy atom. The summed E-state index contributed by atoms with van der Waals surface area (Å²) < 4.78 is 0.417. The smallest absolute Gasteiger partial charge is 0.260 e. The van der Waals surface area contributed by atoms with Crippen molar-refractivity contribution in [3.63, 3.8) is 0 Å². The summed E-state index contributed by atoms with van der Waals surface area (Å²) in [6.45, 7) is 0. The number of hydrogen-bond acceptors (Lipinski definition) is 4. The maximum atomic E-state index is 12.6. The van der Waals surface area contributed by atoms with Gasteiger partial charge in [-0.05, 0) is 23.3 Å². The minimum atomic E-state index is -0.389. The molecule has 0 saturated heterocycles. The highest BCUT2D eigenvalue weighted by Crippen LogP contribution is 2.46. The first-order valence-electron chi connectivity index (χ1n) is 8.46. The van der Waals surface area contributed by atoms with E-state index in [1.807, 2.05) is 12.1 Å². The quantitative estimate of drug-likeness (QED) is 0.460. The fourth-order valence-electron chi connectivity index (χ4n) is 3.21. The number of benzene rings is 2. The van der Waals surface area contributed by atoms with Gasteiger partial charge in [0.1, 0.15) is 14.9 Å². The van der Waals surface area contributed by atoms with Gasteiger partial charge in [-0.3, -0.25) is 9.59 Å². The molecule has 2 heterocycles. The van der Waals surface area contributed by atoms with Crippen LogP contribution in [-0.2, 0) is 0 Å². The Labute approximate surface area is 169 Å². The highest BCUT2D eigenvalue weighted by atomic mass is 35.5. The number of carbonyl (C=O) groups excluding carboxylic acids is 1. The zero-order valence-electron chi connectivity index (χ0n) is 14.7. The van der Waals surface area contributed by atoms with Crippen LogP contribution in [0.4, 0.5) is 0 Å². The van der Waals surface area contributed by atoms with E-state index in [0.717, 1.165) is 0 Å². The first kappa shape index (κ1) is 18.3. The summed E-state index contributed by atoms with van der Waals surface area (Å²) in [5.41, 5.74) is 2.14. The number of thiophene rings is 1. The number of pyridine rings is 1. The van der Waals surface area contributed by atoms with Crippen molar-refractivity contribution in [2.75, 3.05) is 7.05 Å².